The Morgan fingerprint density at radius 1 is 1.00 bits per heavy atom. The number of carbonyl (C=O) groups excluding carboxylic acids is 1. The van der Waals surface area contributed by atoms with E-state index < -0.39 is 0 Å². The summed E-state index contributed by atoms with van der Waals surface area (Å²) in [6.07, 6.45) is 1.74. The molecule has 0 saturated carbocycles. The molecule has 1 aromatic carbocycles. The van der Waals surface area contributed by atoms with Crippen molar-refractivity contribution in [1.82, 2.24) is 20.1 Å². The summed E-state index contributed by atoms with van der Waals surface area (Å²) in [6, 6.07) is 19.0. The van der Waals surface area contributed by atoms with Crippen molar-refractivity contribution in [3.05, 3.63) is 83.8 Å². The molecule has 0 aliphatic heterocycles. The van der Waals surface area contributed by atoms with Crippen molar-refractivity contribution < 1.29 is 4.79 Å². The number of anilines is 1. The molecule has 0 saturated heterocycles. The van der Waals surface area contributed by atoms with Gasteiger partial charge in [-0.15, -0.1) is 10.2 Å². The summed E-state index contributed by atoms with van der Waals surface area (Å²) in [7, 11) is 1.75. The first-order chi connectivity index (χ1) is 12.2. The Bertz CT molecular complexity index is 806. The van der Waals surface area contributed by atoms with E-state index in [9.17, 15) is 4.79 Å². The highest BCUT2D eigenvalue weighted by Crippen LogP contribution is 2.09. The van der Waals surface area contributed by atoms with Gasteiger partial charge in [0.1, 0.15) is 5.82 Å². The number of nitrogens with one attached hydrogen (secondary N) is 1. The Balaban J connectivity index is 1.58. The lowest BCUT2D eigenvalue weighted by molar-refractivity contribution is 0.0778. The maximum absolute atomic E-state index is 12.4. The maximum atomic E-state index is 12.4. The molecule has 0 radical (unpaired) electrons. The predicted molar refractivity (Wildman–Crippen MR) is 95.8 cm³/mol. The Morgan fingerprint density at radius 3 is 2.48 bits per heavy atom. The molecule has 0 fully saturated rings. The highest BCUT2D eigenvalue weighted by atomic mass is 16.2. The lowest BCUT2D eigenvalue weighted by atomic mass is 10.2. The standard InChI is InChI=1S/C19H19N5O/c1-24(14-15-7-3-2-4-8-15)19(25)17-10-11-18(23-22-17)21-13-16-9-5-6-12-20-16/h2-12H,13-14H2,1H3,(H,21,23). The molecular weight excluding hydrogens is 314 g/mol. The molecule has 6 heteroatoms. The summed E-state index contributed by atoms with van der Waals surface area (Å²) in [4.78, 5) is 18.3. The van der Waals surface area contributed by atoms with Crippen LogP contribution in [0.2, 0.25) is 0 Å². The van der Waals surface area contributed by atoms with Crippen LogP contribution in [0.4, 0.5) is 5.82 Å². The molecule has 0 spiro atoms. The molecule has 3 aromatic rings. The highest BCUT2D eigenvalue weighted by molar-refractivity contribution is 5.92. The minimum absolute atomic E-state index is 0.160. The second-order valence-electron chi connectivity index (χ2n) is 5.63. The van der Waals surface area contributed by atoms with Crippen LogP contribution in [0, 0.1) is 0 Å². The average Bonchev–Trinajstić information content (AvgIpc) is 2.68. The second-order valence-corrected chi connectivity index (χ2v) is 5.63. The van der Waals surface area contributed by atoms with Crippen LogP contribution in [0.1, 0.15) is 21.7 Å². The van der Waals surface area contributed by atoms with Crippen LogP contribution in [0.25, 0.3) is 0 Å². The van der Waals surface area contributed by atoms with Gasteiger partial charge in [0.05, 0.1) is 12.2 Å². The quantitative estimate of drug-likeness (QED) is 0.751. The number of carbonyl (C=O) groups is 1. The largest absolute Gasteiger partial charge is 0.363 e. The van der Waals surface area contributed by atoms with Crippen molar-refractivity contribution in [1.29, 1.82) is 0 Å². The van der Waals surface area contributed by atoms with Gasteiger partial charge in [-0.05, 0) is 29.8 Å². The summed E-state index contributed by atoms with van der Waals surface area (Å²) < 4.78 is 0. The van der Waals surface area contributed by atoms with E-state index in [1.54, 1.807) is 30.3 Å². The summed E-state index contributed by atoms with van der Waals surface area (Å²) in [5.41, 5.74) is 2.30. The van der Waals surface area contributed by atoms with Gasteiger partial charge in [-0.1, -0.05) is 36.4 Å². The fourth-order valence-corrected chi connectivity index (χ4v) is 2.35. The molecule has 2 heterocycles. The van der Waals surface area contributed by atoms with Gasteiger partial charge in [0.25, 0.3) is 5.91 Å². The van der Waals surface area contributed by atoms with Crippen molar-refractivity contribution in [2.24, 2.45) is 0 Å². The third-order valence-electron chi connectivity index (χ3n) is 3.67. The SMILES string of the molecule is CN(Cc1ccccc1)C(=O)c1ccc(NCc2ccccn2)nn1. The van der Waals surface area contributed by atoms with Gasteiger partial charge in [-0.25, -0.2) is 0 Å². The number of hydrogen-bond acceptors (Lipinski definition) is 5. The van der Waals surface area contributed by atoms with E-state index in [1.165, 1.54) is 0 Å². The van der Waals surface area contributed by atoms with Crippen molar-refractivity contribution in [2.75, 3.05) is 12.4 Å². The van der Waals surface area contributed by atoms with E-state index in [4.69, 9.17) is 0 Å². The van der Waals surface area contributed by atoms with Gasteiger partial charge in [-0.3, -0.25) is 9.78 Å². The fourth-order valence-electron chi connectivity index (χ4n) is 2.35. The zero-order valence-electron chi connectivity index (χ0n) is 14.0. The number of benzene rings is 1. The number of aromatic nitrogens is 3. The third kappa shape index (κ3) is 4.60. The third-order valence-corrected chi connectivity index (χ3v) is 3.67. The van der Waals surface area contributed by atoms with Crippen molar-refractivity contribution >= 4 is 11.7 Å². The first kappa shape index (κ1) is 16.6. The molecule has 1 amide bonds. The van der Waals surface area contributed by atoms with E-state index in [1.807, 2.05) is 48.5 Å². The number of pyridine rings is 1. The Kier molecular flexibility index (Phi) is 5.31. The second kappa shape index (κ2) is 8.01. The Labute approximate surface area is 146 Å². The van der Waals surface area contributed by atoms with Gasteiger partial charge < -0.3 is 10.2 Å². The molecule has 126 valence electrons. The van der Waals surface area contributed by atoms with Crippen LogP contribution >= 0.6 is 0 Å². The minimum Gasteiger partial charge on any atom is -0.363 e. The van der Waals surface area contributed by atoms with Gasteiger partial charge in [0.2, 0.25) is 0 Å². The van der Waals surface area contributed by atoms with Crippen LogP contribution in [-0.4, -0.2) is 33.0 Å². The average molecular weight is 333 g/mol. The maximum Gasteiger partial charge on any atom is 0.274 e. The van der Waals surface area contributed by atoms with Gasteiger partial charge in [-0.2, -0.15) is 0 Å². The lowest BCUT2D eigenvalue weighted by Crippen LogP contribution is -2.27. The van der Waals surface area contributed by atoms with Crippen LogP contribution in [0.5, 0.6) is 0 Å². The smallest absolute Gasteiger partial charge is 0.274 e. The first-order valence-corrected chi connectivity index (χ1v) is 7.99. The van der Waals surface area contributed by atoms with E-state index in [2.05, 4.69) is 20.5 Å². The van der Waals surface area contributed by atoms with Gasteiger partial charge in [0.15, 0.2) is 5.69 Å². The predicted octanol–water partition coefficient (Wildman–Crippen LogP) is 2.76. The lowest BCUT2D eigenvalue weighted by Gasteiger charge is -2.16. The molecule has 6 nitrogen and oxygen atoms in total. The van der Waals surface area contributed by atoms with E-state index in [-0.39, 0.29) is 5.91 Å². The molecule has 0 aliphatic rings. The summed E-state index contributed by atoms with van der Waals surface area (Å²) >= 11 is 0. The molecule has 0 atom stereocenters. The van der Waals surface area contributed by atoms with Gasteiger partial charge >= 0.3 is 0 Å². The topological polar surface area (TPSA) is 71.0 Å². The van der Waals surface area contributed by atoms with Crippen LogP contribution < -0.4 is 5.32 Å². The monoisotopic (exact) mass is 333 g/mol. The summed E-state index contributed by atoms with van der Waals surface area (Å²) in [6.45, 7) is 1.08. The summed E-state index contributed by atoms with van der Waals surface area (Å²) in [5, 5.41) is 11.2. The molecule has 2 aromatic heterocycles. The first-order valence-electron chi connectivity index (χ1n) is 7.99. The molecule has 25 heavy (non-hydrogen) atoms. The number of rotatable bonds is 6. The number of hydrogen-bond donors (Lipinski definition) is 1. The molecule has 1 N–H and O–H groups in total. The van der Waals surface area contributed by atoms with Crippen LogP contribution in [0.15, 0.2) is 66.9 Å². The molecule has 0 unspecified atom stereocenters. The van der Waals surface area contributed by atoms with Crippen molar-refractivity contribution in [3.8, 4) is 0 Å². The van der Waals surface area contributed by atoms with Crippen LogP contribution in [0.3, 0.4) is 0 Å². The van der Waals surface area contributed by atoms with E-state index >= 15 is 0 Å². The Morgan fingerprint density at radius 2 is 1.80 bits per heavy atom. The molecule has 0 bridgehead atoms. The molecular formula is C19H19N5O. The van der Waals surface area contributed by atoms with Crippen LogP contribution in [-0.2, 0) is 13.1 Å². The zero-order chi connectivity index (χ0) is 17.5. The number of nitrogens with zero attached hydrogens (tertiary/aromatic N) is 4. The molecule has 3 rings (SSSR count). The van der Waals surface area contributed by atoms with Crippen molar-refractivity contribution in [3.63, 3.8) is 0 Å². The molecule has 0 aliphatic carbocycles. The highest BCUT2D eigenvalue weighted by Gasteiger charge is 2.14. The fraction of sp³-hybridized carbons (Fsp3) is 0.158. The van der Waals surface area contributed by atoms with E-state index in [0.717, 1.165) is 11.3 Å². The number of amides is 1. The van der Waals surface area contributed by atoms with E-state index in [0.29, 0.717) is 24.6 Å². The normalized spacial score (nSPS) is 10.3. The minimum atomic E-state index is -0.160. The zero-order valence-corrected chi connectivity index (χ0v) is 14.0. The Hall–Kier alpha value is -3.28. The summed E-state index contributed by atoms with van der Waals surface area (Å²) in [5.74, 6) is 0.445. The van der Waals surface area contributed by atoms with Crippen molar-refractivity contribution in [2.45, 2.75) is 13.1 Å². The van der Waals surface area contributed by atoms with Gasteiger partial charge in [0, 0.05) is 19.8 Å².